The van der Waals surface area contributed by atoms with E-state index >= 15 is 0 Å². The minimum Gasteiger partial charge on any atom is -0.406 e. The van der Waals surface area contributed by atoms with Gasteiger partial charge in [0.1, 0.15) is 0 Å². The second-order valence-electron chi connectivity index (χ2n) is 4.69. The van der Waals surface area contributed by atoms with Crippen LogP contribution in [0.15, 0.2) is 10.5 Å². The van der Waals surface area contributed by atoms with E-state index in [9.17, 15) is 0 Å². The molecule has 2 N–H and O–H groups in total. The summed E-state index contributed by atoms with van der Waals surface area (Å²) in [6, 6.07) is 2.88. The lowest BCUT2D eigenvalue weighted by Gasteiger charge is -2.11. The molecule has 104 valence electrons. The quantitative estimate of drug-likeness (QED) is 0.880. The van der Waals surface area contributed by atoms with E-state index in [1.165, 1.54) is 15.3 Å². The third-order valence-corrected chi connectivity index (χ3v) is 4.11. The van der Waals surface area contributed by atoms with Crippen LogP contribution >= 0.6 is 11.3 Å². The lowest BCUT2D eigenvalue weighted by Crippen LogP contribution is -2.12. The first-order valence-corrected chi connectivity index (χ1v) is 7.17. The first kappa shape index (κ1) is 14.0. The van der Waals surface area contributed by atoms with E-state index in [0.29, 0.717) is 11.9 Å². The fraction of sp³-hybridized carbons (Fsp3) is 0.538. The average molecular weight is 280 g/mol. The highest BCUT2D eigenvalue weighted by atomic mass is 32.1. The summed E-state index contributed by atoms with van der Waals surface area (Å²) in [6.07, 6.45) is 0. The van der Waals surface area contributed by atoms with Crippen molar-refractivity contribution in [1.29, 1.82) is 0 Å². The lowest BCUT2D eigenvalue weighted by atomic mass is 10.1. The van der Waals surface area contributed by atoms with Crippen molar-refractivity contribution in [2.24, 2.45) is 0 Å². The van der Waals surface area contributed by atoms with Crippen molar-refractivity contribution in [3.8, 4) is 0 Å². The molecule has 0 saturated heterocycles. The third-order valence-electron chi connectivity index (χ3n) is 3.13. The summed E-state index contributed by atoms with van der Waals surface area (Å²) >= 11 is 1.81. The molecule has 0 fully saturated rings. The normalized spacial score (nSPS) is 14.4. The van der Waals surface area contributed by atoms with Crippen molar-refractivity contribution in [2.45, 2.75) is 39.8 Å². The van der Waals surface area contributed by atoms with Gasteiger partial charge in [-0.1, -0.05) is 5.10 Å². The molecule has 2 aromatic heterocycles. The van der Waals surface area contributed by atoms with Crippen LogP contribution in [-0.4, -0.2) is 17.2 Å². The van der Waals surface area contributed by atoms with E-state index in [1.54, 1.807) is 11.3 Å². The second kappa shape index (κ2) is 5.71. The summed E-state index contributed by atoms with van der Waals surface area (Å²) in [7, 11) is 1.86. The molecule has 0 aliphatic carbocycles. The molecule has 0 aromatic carbocycles. The van der Waals surface area contributed by atoms with Gasteiger partial charge in [0.25, 0.3) is 0 Å². The molecule has 0 aliphatic heterocycles. The van der Waals surface area contributed by atoms with Crippen LogP contribution in [0.25, 0.3) is 0 Å². The molecule has 2 aromatic rings. The molecule has 0 radical (unpaired) electrons. The standard InChI is InChI=1S/C13H20N4OS/c1-7-6-11(10(4)19-7)8(2)15-13-17-16-12(18-13)9(3)14-5/h6,8-9,14H,1-5H3,(H,15,17). The van der Waals surface area contributed by atoms with Crippen molar-refractivity contribution >= 4 is 17.4 Å². The average Bonchev–Trinajstić information content (AvgIpc) is 2.95. The van der Waals surface area contributed by atoms with Gasteiger partial charge in [0.05, 0.1) is 12.1 Å². The Morgan fingerprint density at radius 1 is 1.21 bits per heavy atom. The van der Waals surface area contributed by atoms with Gasteiger partial charge in [0.15, 0.2) is 0 Å². The lowest BCUT2D eigenvalue weighted by molar-refractivity contribution is 0.439. The summed E-state index contributed by atoms with van der Waals surface area (Å²) in [4.78, 5) is 2.64. The summed E-state index contributed by atoms with van der Waals surface area (Å²) in [5.41, 5.74) is 1.28. The smallest absolute Gasteiger partial charge is 0.316 e. The van der Waals surface area contributed by atoms with Crippen molar-refractivity contribution in [3.63, 3.8) is 0 Å². The predicted molar refractivity (Wildman–Crippen MR) is 77.6 cm³/mol. The largest absolute Gasteiger partial charge is 0.406 e. The molecule has 0 bridgehead atoms. The van der Waals surface area contributed by atoms with Crippen LogP contribution < -0.4 is 10.6 Å². The molecule has 6 heteroatoms. The molecule has 19 heavy (non-hydrogen) atoms. The van der Waals surface area contributed by atoms with E-state index in [0.717, 1.165) is 0 Å². The van der Waals surface area contributed by atoms with Gasteiger partial charge in [-0.15, -0.1) is 16.4 Å². The number of anilines is 1. The molecule has 5 nitrogen and oxygen atoms in total. The van der Waals surface area contributed by atoms with Crippen LogP contribution in [0, 0.1) is 13.8 Å². The van der Waals surface area contributed by atoms with E-state index in [2.05, 4.69) is 47.7 Å². The molecule has 2 unspecified atom stereocenters. The molecule has 2 heterocycles. The zero-order chi connectivity index (χ0) is 14.0. The number of aromatic nitrogens is 2. The molecule has 0 aliphatic rings. The van der Waals surface area contributed by atoms with E-state index in [4.69, 9.17) is 4.42 Å². The Bertz CT molecular complexity index is 549. The van der Waals surface area contributed by atoms with Crippen molar-refractivity contribution in [3.05, 3.63) is 27.3 Å². The number of nitrogens with zero attached hydrogens (tertiary/aromatic N) is 2. The van der Waals surface area contributed by atoms with Gasteiger partial charge < -0.3 is 15.1 Å². The molecule has 2 rings (SSSR count). The van der Waals surface area contributed by atoms with Crippen LogP contribution in [0.1, 0.15) is 47.1 Å². The Labute approximate surface area is 117 Å². The van der Waals surface area contributed by atoms with E-state index in [1.807, 2.05) is 14.0 Å². The van der Waals surface area contributed by atoms with Crippen LogP contribution in [0.5, 0.6) is 0 Å². The number of aryl methyl sites for hydroxylation is 2. The number of nitrogens with one attached hydrogen (secondary N) is 2. The van der Waals surface area contributed by atoms with Gasteiger partial charge >= 0.3 is 6.01 Å². The SMILES string of the molecule is CNC(C)c1nnc(NC(C)c2cc(C)sc2C)o1. The zero-order valence-corrected chi connectivity index (χ0v) is 12.8. The number of hydrogen-bond acceptors (Lipinski definition) is 6. The highest BCUT2D eigenvalue weighted by Crippen LogP contribution is 2.28. The number of thiophene rings is 1. The molecular formula is C13H20N4OS. The maximum Gasteiger partial charge on any atom is 0.316 e. The van der Waals surface area contributed by atoms with E-state index in [-0.39, 0.29) is 12.1 Å². The Morgan fingerprint density at radius 2 is 1.95 bits per heavy atom. The van der Waals surface area contributed by atoms with Gasteiger partial charge in [-0.05, 0) is 46.4 Å². The maximum absolute atomic E-state index is 5.58. The van der Waals surface area contributed by atoms with Crippen LogP contribution in [-0.2, 0) is 0 Å². The van der Waals surface area contributed by atoms with Crippen LogP contribution in [0.3, 0.4) is 0 Å². The highest BCUT2D eigenvalue weighted by Gasteiger charge is 2.16. The fourth-order valence-corrected chi connectivity index (χ4v) is 2.96. The zero-order valence-electron chi connectivity index (χ0n) is 11.9. The minimum absolute atomic E-state index is 0.0588. The number of hydrogen-bond donors (Lipinski definition) is 2. The Kier molecular flexibility index (Phi) is 4.21. The Morgan fingerprint density at radius 3 is 2.53 bits per heavy atom. The Balaban J connectivity index is 2.08. The van der Waals surface area contributed by atoms with Crippen molar-refractivity contribution in [2.75, 3.05) is 12.4 Å². The molecular weight excluding hydrogens is 260 g/mol. The van der Waals surface area contributed by atoms with Crippen LogP contribution in [0.4, 0.5) is 6.01 Å². The molecule has 0 saturated carbocycles. The monoisotopic (exact) mass is 280 g/mol. The van der Waals surface area contributed by atoms with Gasteiger partial charge in [0, 0.05) is 9.75 Å². The van der Waals surface area contributed by atoms with Gasteiger partial charge in [0.2, 0.25) is 5.89 Å². The van der Waals surface area contributed by atoms with Gasteiger partial charge in [-0.3, -0.25) is 0 Å². The first-order valence-electron chi connectivity index (χ1n) is 6.35. The van der Waals surface area contributed by atoms with Gasteiger partial charge in [-0.25, -0.2) is 0 Å². The highest BCUT2D eigenvalue weighted by molar-refractivity contribution is 7.12. The van der Waals surface area contributed by atoms with Crippen molar-refractivity contribution in [1.82, 2.24) is 15.5 Å². The summed E-state index contributed by atoms with van der Waals surface area (Å²) in [5, 5.41) is 14.4. The maximum atomic E-state index is 5.58. The topological polar surface area (TPSA) is 63.0 Å². The van der Waals surface area contributed by atoms with Gasteiger partial charge in [-0.2, -0.15) is 0 Å². The molecule has 2 atom stereocenters. The summed E-state index contributed by atoms with van der Waals surface area (Å²) < 4.78 is 5.58. The first-order chi connectivity index (χ1) is 9.01. The predicted octanol–water partition coefficient (Wildman–Crippen LogP) is 3.20. The molecule has 0 amide bonds. The summed E-state index contributed by atoms with van der Waals surface area (Å²) in [6.45, 7) is 8.33. The fourth-order valence-electron chi connectivity index (χ4n) is 1.93. The Hall–Kier alpha value is -1.40. The minimum atomic E-state index is 0.0588. The van der Waals surface area contributed by atoms with Crippen LogP contribution in [0.2, 0.25) is 0 Å². The summed E-state index contributed by atoms with van der Waals surface area (Å²) in [5.74, 6) is 0.593. The third kappa shape index (κ3) is 3.13. The molecule has 0 spiro atoms. The second-order valence-corrected chi connectivity index (χ2v) is 6.15. The van der Waals surface area contributed by atoms with E-state index < -0.39 is 0 Å². The van der Waals surface area contributed by atoms with Crippen molar-refractivity contribution < 1.29 is 4.42 Å². The number of rotatable bonds is 5.